The van der Waals surface area contributed by atoms with E-state index in [2.05, 4.69) is 132 Å². The van der Waals surface area contributed by atoms with Gasteiger partial charge >= 0.3 is 0 Å². The summed E-state index contributed by atoms with van der Waals surface area (Å²) in [6.45, 7) is 19.2. The lowest BCUT2D eigenvalue weighted by Crippen LogP contribution is -2.67. The van der Waals surface area contributed by atoms with Crippen LogP contribution in [0.1, 0.15) is 84.9 Å². The van der Waals surface area contributed by atoms with Gasteiger partial charge in [0.05, 0.1) is 5.56 Å². The quantitative estimate of drug-likeness (QED) is 0.179. The van der Waals surface area contributed by atoms with Crippen molar-refractivity contribution < 1.29 is 4.57 Å². The Hall–Kier alpha value is -2.91. The van der Waals surface area contributed by atoms with Crippen molar-refractivity contribution in [2.45, 2.75) is 92.0 Å². The molecule has 0 N–H and O–H groups in total. The van der Waals surface area contributed by atoms with Gasteiger partial charge in [-0.15, -0.1) is 11.3 Å². The molecule has 5 aromatic rings. The fraction of sp³-hybridized carbons (Fsp3) is 0.432. The molecule has 2 aromatic heterocycles. The first-order chi connectivity index (χ1) is 19.1. The summed E-state index contributed by atoms with van der Waals surface area (Å²) in [5.41, 5.74) is 7.31. The second-order valence-corrected chi connectivity index (χ2v) is 14.3. The third kappa shape index (κ3) is 3.84. The Balaban J connectivity index is 1.75. The van der Waals surface area contributed by atoms with Gasteiger partial charge in [0.15, 0.2) is 0 Å². The first kappa shape index (κ1) is 27.3. The average Bonchev–Trinajstić information content (AvgIpc) is 3.54. The summed E-state index contributed by atoms with van der Waals surface area (Å²) in [7, 11) is 0. The van der Waals surface area contributed by atoms with Crippen molar-refractivity contribution in [3.05, 3.63) is 83.7 Å². The van der Waals surface area contributed by atoms with Crippen LogP contribution in [-0.2, 0) is 23.8 Å². The van der Waals surface area contributed by atoms with E-state index in [1.165, 1.54) is 53.9 Å². The number of aromatic nitrogens is 2. The Kier molecular flexibility index (Phi) is 6.73. The smallest absolute Gasteiger partial charge is 0.224 e. The van der Waals surface area contributed by atoms with Gasteiger partial charge in [0.1, 0.15) is 23.6 Å². The maximum atomic E-state index is 2.63. The molecule has 0 radical (unpaired) electrons. The van der Waals surface area contributed by atoms with Crippen LogP contribution in [0, 0.1) is 11.8 Å². The van der Waals surface area contributed by atoms with Crippen LogP contribution in [0.2, 0.25) is 0 Å². The van der Waals surface area contributed by atoms with Gasteiger partial charge < -0.3 is 0 Å². The zero-order valence-corrected chi connectivity index (χ0v) is 26.5. The highest BCUT2D eigenvalue weighted by Crippen LogP contribution is 2.50. The molecular weight excluding hydrogens is 504 g/mol. The van der Waals surface area contributed by atoms with Gasteiger partial charge in [-0.1, -0.05) is 84.9 Å². The Morgan fingerprint density at radius 1 is 0.850 bits per heavy atom. The summed E-state index contributed by atoms with van der Waals surface area (Å²) in [4.78, 5) is 0. The molecule has 3 aromatic carbocycles. The first-order valence-corrected chi connectivity index (χ1v) is 16.2. The van der Waals surface area contributed by atoms with Gasteiger partial charge in [0.2, 0.25) is 0 Å². The minimum atomic E-state index is -0.0190. The minimum Gasteiger partial charge on any atom is -0.224 e. The fourth-order valence-electron chi connectivity index (χ4n) is 7.55. The summed E-state index contributed by atoms with van der Waals surface area (Å²) in [5, 5.41) is 2.83. The number of fused-ring (bicyclic) bond motifs is 6. The highest BCUT2D eigenvalue weighted by molar-refractivity contribution is 7.26. The molecule has 2 unspecified atom stereocenters. The third-order valence-electron chi connectivity index (χ3n) is 10.00. The fourth-order valence-corrected chi connectivity index (χ4v) is 8.78. The van der Waals surface area contributed by atoms with Gasteiger partial charge in [0.25, 0.3) is 5.82 Å². The summed E-state index contributed by atoms with van der Waals surface area (Å²) in [6, 6.07) is 20.7. The second kappa shape index (κ2) is 9.87. The van der Waals surface area contributed by atoms with Gasteiger partial charge in [0, 0.05) is 36.7 Å². The van der Waals surface area contributed by atoms with Crippen molar-refractivity contribution in [2.75, 3.05) is 0 Å². The highest BCUT2D eigenvalue weighted by Gasteiger charge is 2.55. The Bertz CT molecular complexity index is 1720. The molecule has 6 rings (SSSR count). The molecule has 3 heterocycles. The Morgan fingerprint density at radius 2 is 1.55 bits per heavy atom. The van der Waals surface area contributed by atoms with E-state index in [1.807, 2.05) is 11.3 Å². The molecule has 0 spiro atoms. The summed E-state index contributed by atoms with van der Waals surface area (Å²) >= 11 is 1.98. The van der Waals surface area contributed by atoms with Crippen LogP contribution in [0.25, 0.3) is 37.2 Å². The van der Waals surface area contributed by atoms with E-state index < -0.39 is 0 Å². The van der Waals surface area contributed by atoms with Crippen LogP contribution in [0.5, 0.6) is 0 Å². The van der Waals surface area contributed by atoms with Crippen molar-refractivity contribution in [3.8, 4) is 17.1 Å². The van der Waals surface area contributed by atoms with E-state index in [-0.39, 0.29) is 11.0 Å². The monoisotopic (exact) mass is 549 g/mol. The molecule has 1 aliphatic rings. The standard InChI is InChI=1S/C37H45N2S/c1-9-36(7)31-17-13-11-16-28(31)35-38(19-20-39(35)37(36,8)10-2)33-26(21-24(3)4)23-29-27-15-12-14-18-32(27)40-34(29)30(33)22-25(5)6/h11-20,23-25H,9-10,21-22H2,1-8H3/q+1. The molecule has 3 heteroatoms. The van der Waals surface area contributed by atoms with Gasteiger partial charge in [-0.25, -0.2) is 4.57 Å². The van der Waals surface area contributed by atoms with Crippen LogP contribution >= 0.6 is 11.3 Å². The van der Waals surface area contributed by atoms with E-state index >= 15 is 0 Å². The van der Waals surface area contributed by atoms with E-state index in [0.717, 1.165) is 25.7 Å². The predicted octanol–water partition coefficient (Wildman–Crippen LogP) is 10.0. The largest absolute Gasteiger partial charge is 0.294 e. The Labute approximate surface area is 244 Å². The Morgan fingerprint density at radius 3 is 2.25 bits per heavy atom. The first-order valence-electron chi connectivity index (χ1n) is 15.3. The van der Waals surface area contributed by atoms with Crippen molar-refractivity contribution in [1.82, 2.24) is 4.57 Å². The molecule has 2 atom stereocenters. The SMILES string of the molecule is CCC1(C)c2ccccc2-c2n(-c3c(CC(C)C)cc4c(sc5ccccc54)c3CC(C)C)cc[n+]2C1(C)CC. The highest BCUT2D eigenvalue weighted by atomic mass is 32.1. The second-order valence-electron chi connectivity index (χ2n) is 13.3. The van der Waals surface area contributed by atoms with Crippen molar-refractivity contribution >= 4 is 31.5 Å². The maximum Gasteiger partial charge on any atom is 0.294 e. The summed E-state index contributed by atoms with van der Waals surface area (Å²) < 4.78 is 8.07. The zero-order valence-electron chi connectivity index (χ0n) is 25.6. The normalized spacial score (nSPS) is 20.6. The molecule has 0 saturated heterocycles. The maximum absolute atomic E-state index is 2.63. The number of hydrogen-bond donors (Lipinski definition) is 0. The molecular formula is C37H45N2S+. The van der Waals surface area contributed by atoms with E-state index in [1.54, 1.807) is 0 Å². The lowest BCUT2D eigenvalue weighted by molar-refractivity contribution is -0.764. The van der Waals surface area contributed by atoms with Crippen molar-refractivity contribution in [1.29, 1.82) is 0 Å². The van der Waals surface area contributed by atoms with Gasteiger partial charge in [-0.2, -0.15) is 4.57 Å². The van der Waals surface area contributed by atoms with E-state index in [4.69, 9.17) is 0 Å². The molecule has 2 nitrogen and oxygen atoms in total. The predicted molar refractivity (Wildman–Crippen MR) is 173 cm³/mol. The topological polar surface area (TPSA) is 8.81 Å². The lowest BCUT2D eigenvalue weighted by Gasteiger charge is -2.47. The molecule has 0 saturated carbocycles. The minimum absolute atomic E-state index is 0.0190. The van der Waals surface area contributed by atoms with Crippen LogP contribution in [0.3, 0.4) is 0 Å². The number of thiophene rings is 1. The number of rotatable bonds is 7. The average molecular weight is 550 g/mol. The molecule has 0 bridgehead atoms. The van der Waals surface area contributed by atoms with Crippen LogP contribution in [-0.4, -0.2) is 4.57 Å². The van der Waals surface area contributed by atoms with E-state index in [0.29, 0.717) is 11.8 Å². The molecule has 40 heavy (non-hydrogen) atoms. The zero-order chi connectivity index (χ0) is 28.4. The number of hydrogen-bond acceptors (Lipinski definition) is 1. The van der Waals surface area contributed by atoms with E-state index in [9.17, 15) is 0 Å². The van der Waals surface area contributed by atoms with Crippen LogP contribution in [0.15, 0.2) is 67.0 Å². The molecule has 0 aliphatic carbocycles. The third-order valence-corrected chi connectivity index (χ3v) is 11.2. The van der Waals surface area contributed by atoms with Crippen molar-refractivity contribution in [3.63, 3.8) is 0 Å². The van der Waals surface area contributed by atoms with Crippen LogP contribution < -0.4 is 4.57 Å². The summed E-state index contributed by atoms with van der Waals surface area (Å²) in [5.74, 6) is 2.47. The van der Waals surface area contributed by atoms with Crippen LogP contribution in [0.4, 0.5) is 0 Å². The number of nitrogens with zero attached hydrogens (tertiary/aromatic N) is 2. The lowest BCUT2D eigenvalue weighted by atomic mass is 9.61. The molecule has 0 fully saturated rings. The van der Waals surface area contributed by atoms with Crippen molar-refractivity contribution in [2.24, 2.45) is 11.8 Å². The van der Waals surface area contributed by atoms with Gasteiger partial charge in [-0.3, -0.25) is 0 Å². The van der Waals surface area contributed by atoms with Gasteiger partial charge in [-0.05, 0) is 68.2 Å². The molecule has 208 valence electrons. The molecule has 0 amide bonds. The number of benzene rings is 3. The molecule has 1 aliphatic heterocycles. The number of imidazole rings is 1. The summed E-state index contributed by atoms with van der Waals surface area (Å²) in [6.07, 6.45) is 9.09.